The fourth-order valence-corrected chi connectivity index (χ4v) is 2.18. The lowest BCUT2D eigenvalue weighted by Crippen LogP contribution is -2.28. The molecule has 20 heavy (non-hydrogen) atoms. The van der Waals surface area contributed by atoms with E-state index in [4.69, 9.17) is 0 Å². The molecule has 0 fully saturated rings. The van der Waals surface area contributed by atoms with Gasteiger partial charge in [0.1, 0.15) is 0 Å². The molecule has 1 amide bonds. The number of benzene rings is 2. The Morgan fingerprint density at radius 2 is 1.80 bits per heavy atom. The number of para-hydroxylation sites is 1. The molecule has 1 heterocycles. The zero-order valence-corrected chi connectivity index (χ0v) is 10.8. The summed E-state index contributed by atoms with van der Waals surface area (Å²) in [5.74, 6) is -1.54. The van der Waals surface area contributed by atoms with Gasteiger partial charge >= 0.3 is 11.3 Å². The molecule has 1 aromatic heterocycles. The van der Waals surface area contributed by atoms with Gasteiger partial charge in [0.2, 0.25) is 0 Å². The Hall–Kier alpha value is -2.14. The molecule has 0 atom stereocenters. The summed E-state index contributed by atoms with van der Waals surface area (Å²) in [6.45, 7) is 0. The molecule has 2 N–H and O–H groups in total. The molecular formula is C14H9ClF2N2O. The van der Waals surface area contributed by atoms with Gasteiger partial charge in [0.25, 0.3) is 0 Å². The second-order valence-corrected chi connectivity index (χ2v) is 4.86. The number of H-pyrrole nitrogens is 1. The predicted octanol–water partition coefficient (Wildman–Crippen LogP) is 4.09. The van der Waals surface area contributed by atoms with Gasteiger partial charge in [-0.15, -0.1) is 0 Å². The quantitative estimate of drug-likeness (QED) is 0.687. The maximum absolute atomic E-state index is 12.7. The fraction of sp³-hybridized carbons (Fsp3) is 0.0714. The van der Waals surface area contributed by atoms with Crippen LogP contribution in [0, 0.1) is 0 Å². The van der Waals surface area contributed by atoms with Gasteiger partial charge in [0.05, 0.1) is 0 Å². The van der Waals surface area contributed by atoms with E-state index in [0.29, 0.717) is 0 Å². The number of halogens is 3. The molecule has 3 rings (SSSR count). The second-order valence-electron chi connectivity index (χ2n) is 4.38. The first-order chi connectivity index (χ1) is 9.45. The summed E-state index contributed by atoms with van der Waals surface area (Å²) in [7, 11) is 0. The van der Waals surface area contributed by atoms with Gasteiger partial charge in [-0.1, -0.05) is 18.2 Å². The van der Waals surface area contributed by atoms with Crippen molar-refractivity contribution in [2.45, 2.75) is 5.38 Å². The van der Waals surface area contributed by atoms with Crippen LogP contribution < -0.4 is 5.32 Å². The third-order valence-electron chi connectivity index (χ3n) is 3.02. The van der Waals surface area contributed by atoms with E-state index >= 15 is 0 Å². The maximum Gasteiger partial charge on any atom is 0.400 e. The minimum Gasteiger partial charge on any atom is -0.355 e. The molecule has 0 saturated carbocycles. The molecule has 0 aliphatic carbocycles. The van der Waals surface area contributed by atoms with Gasteiger partial charge in [0, 0.05) is 27.5 Å². The van der Waals surface area contributed by atoms with E-state index in [2.05, 4.69) is 21.9 Å². The lowest BCUT2D eigenvalue weighted by molar-refractivity contribution is -0.130. The number of fused-ring (bicyclic) bond motifs is 3. The number of aromatic amines is 1. The summed E-state index contributed by atoms with van der Waals surface area (Å²) in [5, 5.41) is -0.0291. The van der Waals surface area contributed by atoms with Crippen LogP contribution in [0.1, 0.15) is 0 Å². The van der Waals surface area contributed by atoms with Gasteiger partial charge < -0.3 is 10.3 Å². The summed E-state index contributed by atoms with van der Waals surface area (Å²) in [5.41, 5.74) is 2.07. The van der Waals surface area contributed by atoms with Gasteiger partial charge in [0.15, 0.2) is 0 Å². The summed E-state index contributed by atoms with van der Waals surface area (Å²) in [4.78, 5) is 14.4. The van der Waals surface area contributed by atoms with E-state index in [1.54, 1.807) is 12.1 Å². The minimum atomic E-state index is -3.92. The minimum absolute atomic E-state index is 0.271. The highest BCUT2D eigenvalue weighted by Gasteiger charge is 2.35. The maximum atomic E-state index is 12.7. The second kappa shape index (κ2) is 4.45. The van der Waals surface area contributed by atoms with Gasteiger partial charge in [-0.2, -0.15) is 8.78 Å². The van der Waals surface area contributed by atoms with Crippen molar-refractivity contribution < 1.29 is 13.6 Å². The van der Waals surface area contributed by atoms with E-state index in [1.165, 1.54) is 6.07 Å². The first kappa shape index (κ1) is 12.9. The molecule has 0 bridgehead atoms. The number of aromatic nitrogens is 1. The lowest BCUT2D eigenvalue weighted by atomic mass is 10.1. The third-order valence-corrected chi connectivity index (χ3v) is 3.19. The largest absolute Gasteiger partial charge is 0.400 e. The smallest absolute Gasteiger partial charge is 0.355 e. The van der Waals surface area contributed by atoms with Crippen molar-refractivity contribution in [3.8, 4) is 0 Å². The number of alkyl halides is 3. The Kier molecular flexibility index (Phi) is 2.87. The van der Waals surface area contributed by atoms with Crippen LogP contribution in [-0.4, -0.2) is 16.3 Å². The standard InChI is InChI=1S/C14H9ClF2N2O/c15-14(16,17)13(20)18-8-5-6-12-10(7-8)9-3-1-2-4-11(9)19-12/h1-7,19H,(H,18,20). The predicted molar refractivity (Wildman–Crippen MR) is 75.2 cm³/mol. The highest BCUT2D eigenvalue weighted by molar-refractivity contribution is 6.34. The molecule has 3 nitrogen and oxygen atoms in total. The zero-order chi connectivity index (χ0) is 14.3. The monoisotopic (exact) mass is 294 g/mol. The van der Waals surface area contributed by atoms with Gasteiger partial charge in [-0.3, -0.25) is 4.79 Å². The number of nitrogens with one attached hydrogen (secondary N) is 2. The van der Waals surface area contributed by atoms with Gasteiger partial charge in [-0.05, 0) is 35.9 Å². The number of carbonyl (C=O) groups excluding carboxylic acids is 1. The Bertz CT molecular complexity index is 808. The molecular weight excluding hydrogens is 286 g/mol. The zero-order valence-electron chi connectivity index (χ0n) is 10.1. The highest BCUT2D eigenvalue weighted by atomic mass is 35.5. The van der Waals surface area contributed by atoms with Crippen LogP contribution in [0.2, 0.25) is 0 Å². The van der Waals surface area contributed by atoms with Crippen molar-refractivity contribution in [2.24, 2.45) is 0 Å². The Morgan fingerprint density at radius 3 is 2.55 bits per heavy atom. The summed E-state index contributed by atoms with van der Waals surface area (Å²) in [6, 6.07) is 12.5. The molecule has 102 valence electrons. The normalized spacial score (nSPS) is 11.9. The molecule has 0 saturated heterocycles. The molecule has 0 aliphatic heterocycles. The molecule has 0 unspecified atom stereocenters. The van der Waals surface area contributed by atoms with Crippen molar-refractivity contribution in [1.29, 1.82) is 0 Å². The van der Waals surface area contributed by atoms with E-state index < -0.39 is 11.3 Å². The summed E-state index contributed by atoms with van der Waals surface area (Å²) < 4.78 is 25.3. The number of hydrogen-bond acceptors (Lipinski definition) is 1. The topological polar surface area (TPSA) is 44.9 Å². The van der Waals surface area contributed by atoms with Crippen molar-refractivity contribution in [2.75, 3.05) is 5.32 Å². The SMILES string of the molecule is O=C(Nc1ccc2[nH]c3ccccc3c2c1)C(F)(F)Cl. The number of amides is 1. The van der Waals surface area contributed by atoms with Crippen LogP contribution in [0.15, 0.2) is 42.5 Å². The van der Waals surface area contributed by atoms with Crippen molar-refractivity contribution in [1.82, 2.24) is 4.98 Å². The van der Waals surface area contributed by atoms with E-state index in [-0.39, 0.29) is 5.69 Å². The first-order valence-corrected chi connectivity index (χ1v) is 6.21. The number of hydrogen-bond donors (Lipinski definition) is 2. The third kappa shape index (κ3) is 2.20. The molecule has 2 aromatic carbocycles. The Labute approximate surface area is 117 Å². The lowest BCUT2D eigenvalue weighted by Gasteiger charge is -2.08. The summed E-state index contributed by atoms with van der Waals surface area (Å²) >= 11 is 4.67. The van der Waals surface area contributed by atoms with Crippen LogP contribution in [-0.2, 0) is 4.79 Å². The molecule has 0 aliphatic rings. The van der Waals surface area contributed by atoms with E-state index in [1.807, 2.05) is 24.3 Å². The van der Waals surface area contributed by atoms with Crippen molar-refractivity contribution in [3.63, 3.8) is 0 Å². The van der Waals surface area contributed by atoms with Crippen LogP contribution in [0.5, 0.6) is 0 Å². The Morgan fingerprint density at radius 1 is 1.10 bits per heavy atom. The van der Waals surface area contributed by atoms with Crippen molar-refractivity contribution >= 4 is 45.0 Å². The Balaban J connectivity index is 2.06. The molecule has 3 aromatic rings. The number of anilines is 1. The average Bonchev–Trinajstić information content (AvgIpc) is 2.76. The molecule has 0 spiro atoms. The number of rotatable bonds is 2. The fourth-order valence-electron chi connectivity index (χ4n) is 2.13. The highest BCUT2D eigenvalue weighted by Crippen LogP contribution is 2.28. The van der Waals surface area contributed by atoms with Gasteiger partial charge in [-0.25, -0.2) is 0 Å². The van der Waals surface area contributed by atoms with Crippen LogP contribution in [0.25, 0.3) is 21.8 Å². The van der Waals surface area contributed by atoms with Crippen LogP contribution in [0.3, 0.4) is 0 Å². The molecule has 0 radical (unpaired) electrons. The average molecular weight is 295 g/mol. The first-order valence-electron chi connectivity index (χ1n) is 5.84. The molecule has 6 heteroatoms. The number of carbonyl (C=O) groups is 1. The summed E-state index contributed by atoms with van der Waals surface area (Å²) in [6.07, 6.45) is 0. The van der Waals surface area contributed by atoms with Crippen LogP contribution >= 0.6 is 11.6 Å². The van der Waals surface area contributed by atoms with Crippen LogP contribution in [0.4, 0.5) is 14.5 Å². The van der Waals surface area contributed by atoms with E-state index in [9.17, 15) is 13.6 Å². The van der Waals surface area contributed by atoms with Crippen molar-refractivity contribution in [3.05, 3.63) is 42.5 Å². The van der Waals surface area contributed by atoms with E-state index in [0.717, 1.165) is 21.8 Å².